The Bertz CT molecular complexity index is 146. The van der Waals surface area contributed by atoms with Crippen molar-refractivity contribution in [3.8, 4) is 0 Å². The van der Waals surface area contributed by atoms with Crippen molar-refractivity contribution in [2.24, 2.45) is 16.7 Å². The van der Waals surface area contributed by atoms with Gasteiger partial charge in [0.25, 0.3) is 0 Å². The van der Waals surface area contributed by atoms with E-state index in [-0.39, 0.29) is 0 Å². The molecular weight excluding hydrogens is 108 g/mol. The molecule has 0 saturated heterocycles. The predicted octanol–water partition coefficient (Wildman–Crippen LogP) is 2.83. The largest absolute Gasteiger partial charge is 0.0596 e. The highest BCUT2D eigenvalue weighted by Gasteiger charge is 2.61. The van der Waals surface area contributed by atoms with Crippen LogP contribution in [0.25, 0.3) is 0 Å². The summed E-state index contributed by atoms with van der Waals surface area (Å²) in [5.74, 6) is 1.07. The van der Waals surface area contributed by atoms with Crippen LogP contribution in [0, 0.1) is 16.7 Å². The quantitative estimate of drug-likeness (QED) is 0.466. The molecule has 0 aromatic rings. The van der Waals surface area contributed by atoms with E-state index in [2.05, 4.69) is 20.8 Å². The second-order valence-corrected chi connectivity index (χ2v) is 4.90. The van der Waals surface area contributed by atoms with Crippen molar-refractivity contribution in [2.75, 3.05) is 0 Å². The maximum Gasteiger partial charge on any atom is -0.0289 e. The summed E-state index contributed by atoms with van der Waals surface area (Å²) in [4.78, 5) is 0. The maximum absolute atomic E-state index is 2.45. The molecule has 0 bridgehead atoms. The minimum Gasteiger partial charge on any atom is -0.0596 e. The third-order valence-corrected chi connectivity index (χ3v) is 3.64. The van der Waals surface area contributed by atoms with Crippen molar-refractivity contribution in [3.05, 3.63) is 0 Å². The Morgan fingerprint density at radius 1 is 1.11 bits per heavy atom. The van der Waals surface area contributed by atoms with Crippen LogP contribution >= 0.6 is 0 Å². The fourth-order valence-electron chi connectivity index (χ4n) is 2.69. The zero-order valence-corrected chi connectivity index (χ0v) is 6.70. The van der Waals surface area contributed by atoms with Crippen molar-refractivity contribution < 1.29 is 0 Å². The van der Waals surface area contributed by atoms with Gasteiger partial charge in [0.1, 0.15) is 0 Å². The van der Waals surface area contributed by atoms with Gasteiger partial charge in [-0.1, -0.05) is 20.8 Å². The van der Waals surface area contributed by atoms with E-state index in [9.17, 15) is 0 Å². The molecule has 0 nitrogen and oxygen atoms in total. The van der Waals surface area contributed by atoms with Crippen molar-refractivity contribution in [1.29, 1.82) is 0 Å². The summed E-state index contributed by atoms with van der Waals surface area (Å²) in [6.07, 6.45) is 4.47. The normalized spacial score (nSPS) is 53.0. The molecule has 2 unspecified atom stereocenters. The first-order chi connectivity index (χ1) is 4.05. The summed E-state index contributed by atoms with van der Waals surface area (Å²) >= 11 is 0. The topological polar surface area (TPSA) is 0 Å². The molecule has 9 heavy (non-hydrogen) atoms. The van der Waals surface area contributed by atoms with Gasteiger partial charge >= 0.3 is 0 Å². The zero-order chi connectivity index (χ0) is 6.70. The lowest BCUT2D eigenvalue weighted by molar-refractivity contribution is 0.323. The predicted molar refractivity (Wildman–Crippen MR) is 39.2 cm³/mol. The van der Waals surface area contributed by atoms with Gasteiger partial charge in [0.05, 0.1) is 0 Å². The molecule has 2 aliphatic rings. The van der Waals surface area contributed by atoms with Gasteiger partial charge in [-0.15, -0.1) is 0 Å². The number of rotatable bonds is 0. The molecule has 0 amide bonds. The van der Waals surface area contributed by atoms with E-state index in [1.165, 1.54) is 19.3 Å². The average Bonchev–Trinajstić information content (AvgIpc) is 2.35. The molecule has 52 valence electrons. The van der Waals surface area contributed by atoms with Crippen LogP contribution in [0.15, 0.2) is 0 Å². The standard InChI is InChI=1S/C9H16/c1-8(2)4-5-9(3)6-7(8)9/h7H,4-6H2,1-3H3. The number of hydrogen-bond acceptors (Lipinski definition) is 0. The monoisotopic (exact) mass is 124 g/mol. The molecule has 2 rings (SSSR count). The summed E-state index contributed by atoms with van der Waals surface area (Å²) in [5.41, 5.74) is 1.48. The third-order valence-electron chi connectivity index (χ3n) is 3.64. The zero-order valence-electron chi connectivity index (χ0n) is 6.70. The Morgan fingerprint density at radius 3 is 1.89 bits per heavy atom. The lowest BCUT2D eigenvalue weighted by Crippen LogP contribution is -2.08. The van der Waals surface area contributed by atoms with Gasteiger partial charge in [-0.3, -0.25) is 0 Å². The fraction of sp³-hybridized carbons (Fsp3) is 1.00. The van der Waals surface area contributed by atoms with E-state index in [1.54, 1.807) is 0 Å². The Kier molecular flexibility index (Phi) is 0.774. The highest BCUT2D eigenvalue weighted by Crippen LogP contribution is 2.70. The Hall–Kier alpha value is 0. The van der Waals surface area contributed by atoms with Crippen molar-refractivity contribution in [1.82, 2.24) is 0 Å². The van der Waals surface area contributed by atoms with Gasteiger partial charge in [-0.25, -0.2) is 0 Å². The van der Waals surface area contributed by atoms with Gasteiger partial charge in [0.15, 0.2) is 0 Å². The molecule has 2 saturated carbocycles. The van der Waals surface area contributed by atoms with Gasteiger partial charge in [0, 0.05) is 0 Å². The molecule has 2 fully saturated rings. The molecule has 0 spiro atoms. The fourth-order valence-corrected chi connectivity index (χ4v) is 2.69. The summed E-state index contributed by atoms with van der Waals surface area (Å²) in [5, 5.41) is 0. The molecule has 0 aliphatic heterocycles. The van der Waals surface area contributed by atoms with Gasteiger partial charge in [-0.05, 0) is 36.0 Å². The van der Waals surface area contributed by atoms with Crippen LogP contribution in [-0.2, 0) is 0 Å². The SMILES string of the molecule is CC1(C)CCC2(C)CC12. The molecule has 0 aromatic heterocycles. The van der Waals surface area contributed by atoms with Crippen LogP contribution in [0.5, 0.6) is 0 Å². The minimum atomic E-state index is 0.689. The second kappa shape index (κ2) is 1.21. The Labute approximate surface area is 57.6 Å². The van der Waals surface area contributed by atoms with Crippen molar-refractivity contribution in [2.45, 2.75) is 40.0 Å². The molecule has 2 atom stereocenters. The summed E-state index contributed by atoms with van der Waals surface area (Å²) in [6, 6.07) is 0. The van der Waals surface area contributed by atoms with Crippen LogP contribution in [0.4, 0.5) is 0 Å². The Balaban J connectivity index is 2.21. The molecule has 2 aliphatic carbocycles. The lowest BCUT2D eigenvalue weighted by atomic mass is 9.88. The molecule has 0 heterocycles. The third kappa shape index (κ3) is 0.595. The van der Waals surface area contributed by atoms with Gasteiger partial charge < -0.3 is 0 Å². The van der Waals surface area contributed by atoms with Crippen LogP contribution in [0.2, 0.25) is 0 Å². The molecule has 0 heteroatoms. The highest BCUT2D eigenvalue weighted by atomic mass is 14.7. The van der Waals surface area contributed by atoms with E-state index in [4.69, 9.17) is 0 Å². The van der Waals surface area contributed by atoms with Gasteiger partial charge in [0.2, 0.25) is 0 Å². The Morgan fingerprint density at radius 2 is 1.78 bits per heavy atom. The maximum atomic E-state index is 2.45. The molecule has 0 radical (unpaired) electrons. The molecule has 0 aromatic carbocycles. The van der Waals surface area contributed by atoms with E-state index < -0.39 is 0 Å². The van der Waals surface area contributed by atoms with Crippen molar-refractivity contribution >= 4 is 0 Å². The highest BCUT2D eigenvalue weighted by molar-refractivity contribution is 5.10. The first-order valence-electron chi connectivity index (χ1n) is 4.05. The van der Waals surface area contributed by atoms with Crippen LogP contribution in [0.1, 0.15) is 40.0 Å². The van der Waals surface area contributed by atoms with Crippen molar-refractivity contribution in [3.63, 3.8) is 0 Å². The van der Waals surface area contributed by atoms with Gasteiger partial charge in [-0.2, -0.15) is 0 Å². The second-order valence-electron chi connectivity index (χ2n) is 4.90. The lowest BCUT2D eigenvalue weighted by Gasteiger charge is -2.18. The number of fused-ring (bicyclic) bond motifs is 1. The average molecular weight is 124 g/mol. The first kappa shape index (κ1) is 5.76. The minimum absolute atomic E-state index is 0.689. The van der Waals surface area contributed by atoms with E-state index in [0.29, 0.717) is 5.41 Å². The summed E-state index contributed by atoms with van der Waals surface area (Å²) in [6.45, 7) is 7.30. The van der Waals surface area contributed by atoms with E-state index in [1.807, 2.05) is 0 Å². The summed E-state index contributed by atoms with van der Waals surface area (Å²) in [7, 11) is 0. The van der Waals surface area contributed by atoms with E-state index in [0.717, 1.165) is 11.3 Å². The smallest absolute Gasteiger partial charge is 0.0289 e. The molecular formula is C9H16. The van der Waals surface area contributed by atoms with Crippen LogP contribution in [0.3, 0.4) is 0 Å². The first-order valence-corrected chi connectivity index (χ1v) is 4.05. The number of hydrogen-bond donors (Lipinski definition) is 0. The van der Waals surface area contributed by atoms with Crippen LogP contribution in [-0.4, -0.2) is 0 Å². The molecule has 0 N–H and O–H groups in total. The van der Waals surface area contributed by atoms with E-state index >= 15 is 0 Å². The summed E-state index contributed by atoms with van der Waals surface area (Å²) < 4.78 is 0. The van der Waals surface area contributed by atoms with Crippen LogP contribution < -0.4 is 0 Å².